The van der Waals surface area contributed by atoms with E-state index in [2.05, 4.69) is 20.9 Å². The first-order chi connectivity index (χ1) is 14.1. The highest BCUT2D eigenvalue weighted by Gasteiger charge is 2.20. The summed E-state index contributed by atoms with van der Waals surface area (Å²) in [7, 11) is 1.68. The highest BCUT2D eigenvalue weighted by molar-refractivity contribution is 5.80. The Labute approximate surface area is 168 Å². The Morgan fingerprint density at radius 2 is 1.79 bits per heavy atom. The molecule has 3 N–H and O–H groups in total. The van der Waals surface area contributed by atoms with Crippen molar-refractivity contribution in [1.29, 1.82) is 0 Å². The third-order valence-electron chi connectivity index (χ3n) is 5.44. The molecule has 0 atom stereocenters. The third-order valence-corrected chi connectivity index (χ3v) is 5.44. The van der Waals surface area contributed by atoms with Crippen LogP contribution in [-0.2, 0) is 6.54 Å². The monoisotopic (exact) mass is 395 g/mol. The summed E-state index contributed by atoms with van der Waals surface area (Å²) in [5, 5.41) is 0.472. The van der Waals surface area contributed by atoms with Crippen LogP contribution in [0.5, 0.6) is 5.75 Å². The van der Waals surface area contributed by atoms with Gasteiger partial charge in [-0.05, 0) is 30.3 Å². The lowest BCUT2D eigenvalue weighted by Gasteiger charge is -2.36. The largest absolute Gasteiger partial charge is 0.495 e. The van der Waals surface area contributed by atoms with Crippen molar-refractivity contribution in [1.82, 2.24) is 14.5 Å². The second kappa shape index (κ2) is 8.00. The van der Waals surface area contributed by atoms with Gasteiger partial charge in [0.15, 0.2) is 0 Å². The van der Waals surface area contributed by atoms with Crippen molar-refractivity contribution in [2.45, 2.75) is 6.54 Å². The molecule has 152 valence electrons. The number of nitrogens with two attached hydrogens (primary N) is 1. The molecule has 0 spiro atoms. The van der Waals surface area contributed by atoms with Gasteiger partial charge in [-0.2, -0.15) is 0 Å². The lowest BCUT2D eigenvalue weighted by molar-refractivity contribution is 0.245. The van der Waals surface area contributed by atoms with Gasteiger partial charge in [-0.3, -0.25) is 14.3 Å². The molecule has 0 bridgehead atoms. The van der Waals surface area contributed by atoms with Crippen LogP contribution in [0, 0.1) is 0 Å². The van der Waals surface area contributed by atoms with E-state index in [-0.39, 0.29) is 5.56 Å². The molecule has 0 aliphatic carbocycles. The Kier molecular flexibility index (Phi) is 5.26. The molecule has 0 radical (unpaired) electrons. The van der Waals surface area contributed by atoms with Crippen LogP contribution in [0.2, 0.25) is 0 Å². The normalized spacial score (nSPS) is 15.0. The van der Waals surface area contributed by atoms with E-state index >= 15 is 0 Å². The number of anilines is 2. The van der Waals surface area contributed by atoms with E-state index in [1.165, 1.54) is 4.57 Å². The molecule has 1 aliphatic heterocycles. The van der Waals surface area contributed by atoms with E-state index in [4.69, 9.17) is 10.5 Å². The van der Waals surface area contributed by atoms with E-state index < -0.39 is 5.69 Å². The van der Waals surface area contributed by atoms with Crippen molar-refractivity contribution in [2.24, 2.45) is 0 Å². The zero-order valence-corrected chi connectivity index (χ0v) is 16.4. The highest BCUT2D eigenvalue weighted by atomic mass is 16.5. The molecule has 1 fully saturated rings. The van der Waals surface area contributed by atoms with Crippen molar-refractivity contribution in [2.75, 3.05) is 50.5 Å². The Balaban J connectivity index is 1.43. The number of ether oxygens (including phenoxy) is 1. The molecule has 1 aliphatic rings. The van der Waals surface area contributed by atoms with Crippen LogP contribution >= 0.6 is 0 Å². The van der Waals surface area contributed by atoms with Gasteiger partial charge in [-0.15, -0.1) is 0 Å². The molecule has 3 aromatic rings. The maximum absolute atomic E-state index is 12.7. The summed E-state index contributed by atoms with van der Waals surface area (Å²) in [6, 6.07) is 12.9. The molecule has 1 saturated heterocycles. The molecule has 8 nitrogen and oxygen atoms in total. The molecular weight excluding hydrogens is 370 g/mol. The fourth-order valence-corrected chi connectivity index (χ4v) is 3.82. The van der Waals surface area contributed by atoms with Crippen molar-refractivity contribution in [3.05, 3.63) is 63.3 Å². The average molecular weight is 395 g/mol. The Hall–Kier alpha value is -3.26. The van der Waals surface area contributed by atoms with Gasteiger partial charge in [0, 0.05) is 45.0 Å². The molecule has 0 unspecified atom stereocenters. The number of fused-ring (bicyclic) bond motifs is 1. The summed E-state index contributed by atoms with van der Waals surface area (Å²) in [6.07, 6.45) is 0. The number of methoxy groups -OCH3 is 1. The quantitative estimate of drug-likeness (QED) is 0.628. The second-order valence-corrected chi connectivity index (χ2v) is 7.19. The van der Waals surface area contributed by atoms with Gasteiger partial charge in [-0.25, -0.2) is 4.79 Å². The van der Waals surface area contributed by atoms with Gasteiger partial charge in [0.1, 0.15) is 5.75 Å². The molecule has 0 saturated carbocycles. The average Bonchev–Trinajstić information content (AvgIpc) is 2.73. The van der Waals surface area contributed by atoms with Gasteiger partial charge in [0.05, 0.1) is 23.7 Å². The zero-order chi connectivity index (χ0) is 20.4. The standard InChI is InChI=1S/C21H25N5O3/c1-29-19-5-3-2-4-18(19)25-11-8-24(9-12-25)10-13-26-20(27)16-7-6-15(22)14-17(16)23-21(26)28/h2-7,14H,8-13,22H2,1H3,(H,23,28). The Morgan fingerprint density at radius 1 is 1.03 bits per heavy atom. The minimum Gasteiger partial charge on any atom is -0.495 e. The predicted molar refractivity (Wildman–Crippen MR) is 115 cm³/mol. The van der Waals surface area contributed by atoms with Crippen molar-refractivity contribution in [3.8, 4) is 5.75 Å². The lowest BCUT2D eigenvalue weighted by Crippen LogP contribution is -2.48. The number of nitrogens with zero attached hydrogens (tertiary/aromatic N) is 3. The van der Waals surface area contributed by atoms with Gasteiger partial charge < -0.3 is 20.4 Å². The van der Waals surface area contributed by atoms with Crippen LogP contribution in [0.4, 0.5) is 11.4 Å². The minimum absolute atomic E-state index is 0.281. The van der Waals surface area contributed by atoms with E-state index in [1.807, 2.05) is 18.2 Å². The summed E-state index contributed by atoms with van der Waals surface area (Å²) in [5.41, 5.74) is 7.14. The number of para-hydroxylation sites is 2. The van der Waals surface area contributed by atoms with Crippen molar-refractivity contribution in [3.63, 3.8) is 0 Å². The summed E-state index contributed by atoms with van der Waals surface area (Å²) in [4.78, 5) is 32.4. The minimum atomic E-state index is -0.402. The molecule has 1 aromatic heterocycles. The summed E-state index contributed by atoms with van der Waals surface area (Å²) < 4.78 is 6.73. The van der Waals surface area contributed by atoms with E-state index in [0.717, 1.165) is 37.6 Å². The number of aromatic amines is 1. The van der Waals surface area contributed by atoms with Gasteiger partial charge in [-0.1, -0.05) is 12.1 Å². The first kappa shape index (κ1) is 19.1. The fourth-order valence-electron chi connectivity index (χ4n) is 3.82. The molecule has 2 heterocycles. The van der Waals surface area contributed by atoms with Crippen LogP contribution in [-0.4, -0.2) is 54.3 Å². The number of rotatable bonds is 5. The van der Waals surface area contributed by atoms with Crippen molar-refractivity contribution >= 4 is 22.3 Å². The first-order valence-corrected chi connectivity index (χ1v) is 9.69. The van der Waals surface area contributed by atoms with Crippen LogP contribution in [0.1, 0.15) is 0 Å². The predicted octanol–water partition coefficient (Wildman–Crippen LogP) is 1.10. The van der Waals surface area contributed by atoms with Crippen molar-refractivity contribution < 1.29 is 4.74 Å². The number of benzene rings is 2. The van der Waals surface area contributed by atoms with Crippen LogP contribution in [0.15, 0.2) is 52.1 Å². The highest BCUT2D eigenvalue weighted by Crippen LogP contribution is 2.28. The number of nitrogens with one attached hydrogen (secondary N) is 1. The Bertz CT molecular complexity index is 1130. The van der Waals surface area contributed by atoms with Crippen LogP contribution < -0.4 is 26.6 Å². The summed E-state index contributed by atoms with van der Waals surface area (Å²) in [5.74, 6) is 0.871. The topological polar surface area (TPSA) is 96.6 Å². The maximum atomic E-state index is 12.7. The molecule has 29 heavy (non-hydrogen) atoms. The number of piperazine rings is 1. The first-order valence-electron chi connectivity index (χ1n) is 9.69. The molecule has 2 aromatic carbocycles. The third kappa shape index (κ3) is 3.84. The smallest absolute Gasteiger partial charge is 0.328 e. The zero-order valence-electron chi connectivity index (χ0n) is 16.4. The van der Waals surface area contributed by atoms with Gasteiger partial charge in [0.2, 0.25) is 0 Å². The molecule has 8 heteroatoms. The lowest BCUT2D eigenvalue weighted by atomic mass is 10.2. The van der Waals surface area contributed by atoms with Gasteiger partial charge >= 0.3 is 5.69 Å². The SMILES string of the molecule is COc1ccccc1N1CCN(CCn2c(=O)[nH]c3cc(N)ccc3c2=O)CC1. The van der Waals surface area contributed by atoms with Crippen LogP contribution in [0.25, 0.3) is 10.9 Å². The maximum Gasteiger partial charge on any atom is 0.328 e. The Morgan fingerprint density at radius 3 is 2.55 bits per heavy atom. The number of nitrogen functional groups attached to an aromatic ring is 1. The number of hydrogen-bond acceptors (Lipinski definition) is 6. The van der Waals surface area contributed by atoms with E-state index in [9.17, 15) is 9.59 Å². The van der Waals surface area contributed by atoms with Crippen LogP contribution in [0.3, 0.4) is 0 Å². The fraction of sp³-hybridized carbons (Fsp3) is 0.333. The van der Waals surface area contributed by atoms with E-state index in [0.29, 0.717) is 29.7 Å². The number of hydrogen-bond donors (Lipinski definition) is 2. The number of H-pyrrole nitrogens is 1. The molecular formula is C21H25N5O3. The van der Waals surface area contributed by atoms with Gasteiger partial charge in [0.25, 0.3) is 5.56 Å². The second-order valence-electron chi connectivity index (χ2n) is 7.19. The summed E-state index contributed by atoms with van der Waals surface area (Å²) >= 11 is 0. The van der Waals surface area contributed by atoms with E-state index in [1.54, 1.807) is 25.3 Å². The number of aromatic nitrogens is 2. The summed E-state index contributed by atoms with van der Waals surface area (Å²) in [6.45, 7) is 4.43. The molecule has 4 rings (SSSR count). The molecule has 0 amide bonds.